The first kappa shape index (κ1) is 15.9. The number of para-hydroxylation sites is 1. The van der Waals surface area contributed by atoms with Crippen molar-refractivity contribution in [1.82, 2.24) is 0 Å². The van der Waals surface area contributed by atoms with Gasteiger partial charge in [0.1, 0.15) is 11.5 Å². The Hall–Kier alpha value is -2.49. The molecule has 0 atom stereocenters. The second kappa shape index (κ2) is 6.98. The molecule has 0 radical (unpaired) electrons. The van der Waals surface area contributed by atoms with Crippen molar-refractivity contribution < 1.29 is 14.3 Å². The maximum absolute atomic E-state index is 12.5. The van der Waals surface area contributed by atoms with Crippen molar-refractivity contribution in [3.8, 4) is 11.5 Å². The molecule has 4 nitrogen and oxygen atoms in total. The fourth-order valence-electron chi connectivity index (χ4n) is 2.25. The number of benzene rings is 2. The summed E-state index contributed by atoms with van der Waals surface area (Å²) in [6.07, 6.45) is 0. The summed E-state index contributed by atoms with van der Waals surface area (Å²) in [7, 11) is 3.12. The van der Waals surface area contributed by atoms with Gasteiger partial charge in [-0.3, -0.25) is 4.79 Å². The third-order valence-electron chi connectivity index (χ3n) is 3.44. The number of ether oxygens (including phenoxy) is 2. The Morgan fingerprint density at radius 1 is 1.00 bits per heavy atom. The Kier molecular flexibility index (Phi) is 5.04. The third kappa shape index (κ3) is 3.58. The molecule has 0 saturated carbocycles. The largest absolute Gasteiger partial charge is 0.497 e. The van der Waals surface area contributed by atoms with Crippen molar-refractivity contribution in [1.29, 1.82) is 0 Å². The molecule has 2 rings (SSSR count). The van der Waals surface area contributed by atoms with Crippen molar-refractivity contribution in [2.45, 2.75) is 19.8 Å². The zero-order valence-electron chi connectivity index (χ0n) is 13.3. The molecule has 0 heterocycles. The number of methoxy groups -OCH3 is 2. The van der Waals surface area contributed by atoms with Crippen LogP contribution in [0.25, 0.3) is 0 Å². The summed E-state index contributed by atoms with van der Waals surface area (Å²) in [5.74, 6) is 1.31. The molecule has 1 amide bonds. The first-order chi connectivity index (χ1) is 10.5. The smallest absolute Gasteiger partial charge is 0.255 e. The normalized spacial score (nSPS) is 10.4. The summed E-state index contributed by atoms with van der Waals surface area (Å²) >= 11 is 0. The van der Waals surface area contributed by atoms with E-state index in [1.165, 1.54) is 0 Å². The summed E-state index contributed by atoms with van der Waals surface area (Å²) in [6, 6.07) is 12.9. The highest BCUT2D eigenvalue weighted by atomic mass is 16.5. The molecule has 22 heavy (non-hydrogen) atoms. The molecule has 4 heteroatoms. The fraction of sp³-hybridized carbons (Fsp3) is 0.278. The van der Waals surface area contributed by atoms with Gasteiger partial charge < -0.3 is 14.8 Å². The van der Waals surface area contributed by atoms with E-state index >= 15 is 0 Å². The Bertz CT molecular complexity index is 643. The highest BCUT2D eigenvalue weighted by Gasteiger charge is 2.13. The maximum Gasteiger partial charge on any atom is 0.255 e. The lowest BCUT2D eigenvalue weighted by molar-refractivity contribution is 0.102. The maximum atomic E-state index is 12.5. The zero-order valence-corrected chi connectivity index (χ0v) is 13.3. The van der Waals surface area contributed by atoms with E-state index in [-0.39, 0.29) is 5.91 Å². The van der Waals surface area contributed by atoms with Gasteiger partial charge >= 0.3 is 0 Å². The monoisotopic (exact) mass is 299 g/mol. The number of amides is 1. The molecule has 1 N–H and O–H groups in total. The molecule has 2 aromatic carbocycles. The average Bonchev–Trinajstić information content (AvgIpc) is 2.54. The van der Waals surface area contributed by atoms with E-state index in [0.717, 1.165) is 11.3 Å². The van der Waals surface area contributed by atoms with Crippen molar-refractivity contribution in [3.63, 3.8) is 0 Å². The lowest BCUT2D eigenvalue weighted by Gasteiger charge is -2.14. The van der Waals surface area contributed by atoms with Gasteiger partial charge in [0.15, 0.2) is 0 Å². The summed E-state index contributed by atoms with van der Waals surface area (Å²) in [6.45, 7) is 4.19. The van der Waals surface area contributed by atoms with Gasteiger partial charge in [-0.25, -0.2) is 0 Å². The minimum atomic E-state index is -0.190. The Balaban J connectivity index is 2.30. The van der Waals surface area contributed by atoms with Crippen LogP contribution in [0.15, 0.2) is 42.5 Å². The minimum absolute atomic E-state index is 0.190. The van der Waals surface area contributed by atoms with Crippen LogP contribution in [0.3, 0.4) is 0 Å². The van der Waals surface area contributed by atoms with Gasteiger partial charge in [0.2, 0.25) is 0 Å². The van der Waals surface area contributed by atoms with Gasteiger partial charge in [-0.2, -0.15) is 0 Å². The van der Waals surface area contributed by atoms with E-state index < -0.39 is 0 Å². The van der Waals surface area contributed by atoms with Crippen LogP contribution in [0.4, 0.5) is 5.69 Å². The second-order valence-corrected chi connectivity index (χ2v) is 5.30. The quantitative estimate of drug-likeness (QED) is 0.905. The molecule has 0 aromatic heterocycles. The van der Waals surface area contributed by atoms with Gasteiger partial charge in [0.25, 0.3) is 5.91 Å². The van der Waals surface area contributed by atoms with Gasteiger partial charge in [0.05, 0.1) is 14.2 Å². The number of hydrogen-bond donors (Lipinski definition) is 1. The molecule has 0 aliphatic heterocycles. The highest BCUT2D eigenvalue weighted by molar-refractivity contribution is 6.05. The van der Waals surface area contributed by atoms with Crippen LogP contribution < -0.4 is 14.8 Å². The number of anilines is 1. The van der Waals surface area contributed by atoms with E-state index in [1.807, 2.05) is 24.3 Å². The number of nitrogens with one attached hydrogen (secondary N) is 1. The SMILES string of the molecule is COc1cc(OC)cc(C(=O)Nc2ccccc2C(C)C)c1. The van der Waals surface area contributed by atoms with Gasteiger partial charge in [-0.1, -0.05) is 32.0 Å². The van der Waals surface area contributed by atoms with E-state index in [4.69, 9.17) is 9.47 Å². The van der Waals surface area contributed by atoms with Crippen molar-refractivity contribution in [2.75, 3.05) is 19.5 Å². The van der Waals surface area contributed by atoms with Crippen LogP contribution in [0, 0.1) is 0 Å². The molecule has 0 spiro atoms. The van der Waals surface area contributed by atoms with Crippen LogP contribution in [-0.4, -0.2) is 20.1 Å². The summed E-state index contributed by atoms with van der Waals surface area (Å²) in [4.78, 5) is 12.5. The first-order valence-electron chi connectivity index (χ1n) is 7.18. The molecule has 0 bridgehead atoms. The number of rotatable bonds is 5. The van der Waals surface area contributed by atoms with Gasteiger partial charge in [-0.05, 0) is 29.7 Å². The zero-order chi connectivity index (χ0) is 16.1. The molecule has 0 unspecified atom stereocenters. The predicted molar refractivity (Wildman–Crippen MR) is 88.0 cm³/mol. The molecule has 2 aromatic rings. The Morgan fingerprint density at radius 2 is 1.59 bits per heavy atom. The molecule has 116 valence electrons. The van der Waals surface area contributed by atoms with E-state index in [1.54, 1.807) is 32.4 Å². The lowest BCUT2D eigenvalue weighted by atomic mass is 10.0. The molecule has 0 saturated heterocycles. The van der Waals surface area contributed by atoms with Gasteiger partial charge in [0, 0.05) is 17.3 Å². The Morgan fingerprint density at radius 3 is 2.14 bits per heavy atom. The van der Waals surface area contributed by atoms with Crippen molar-refractivity contribution in [2.24, 2.45) is 0 Å². The van der Waals surface area contributed by atoms with Gasteiger partial charge in [-0.15, -0.1) is 0 Å². The fourth-order valence-corrected chi connectivity index (χ4v) is 2.25. The van der Waals surface area contributed by atoms with Crippen LogP contribution in [0.1, 0.15) is 35.7 Å². The topological polar surface area (TPSA) is 47.6 Å². The second-order valence-electron chi connectivity index (χ2n) is 5.30. The van der Waals surface area contributed by atoms with E-state index in [2.05, 4.69) is 19.2 Å². The third-order valence-corrected chi connectivity index (χ3v) is 3.44. The van der Waals surface area contributed by atoms with Crippen LogP contribution in [-0.2, 0) is 0 Å². The van der Waals surface area contributed by atoms with E-state index in [9.17, 15) is 4.79 Å². The van der Waals surface area contributed by atoms with Crippen molar-refractivity contribution >= 4 is 11.6 Å². The summed E-state index contributed by atoms with van der Waals surface area (Å²) < 4.78 is 10.4. The minimum Gasteiger partial charge on any atom is -0.497 e. The molecule has 0 aliphatic rings. The predicted octanol–water partition coefficient (Wildman–Crippen LogP) is 4.08. The molecular formula is C18H21NO3. The molecule has 0 fully saturated rings. The standard InChI is InChI=1S/C18H21NO3/c1-12(2)16-7-5-6-8-17(16)19-18(20)13-9-14(21-3)11-15(10-13)22-4/h5-12H,1-4H3,(H,19,20). The molecular weight excluding hydrogens is 278 g/mol. The summed E-state index contributed by atoms with van der Waals surface area (Å²) in [5.41, 5.74) is 2.42. The van der Waals surface area contributed by atoms with E-state index in [0.29, 0.717) is 23.0 Å². The number of carbonyl (C=O) groups is 1. The van der Waals surface area contributed by atoms with Crippen molar-refractivity contribution in [3.05, 3.63) is 53.6 Å². The number of hydrogen-bond acceptors (Lipinski definition) is 3. The average molecular weight is 299 g/mol. The first-order valence-corrected chi connectivity index (χ1v) is 7.18. The van der Waals surface area contributed by atoms with Crippen LogP contribution in [0.5, 0.6) is 11.5 Å². The van der Waals surface area contributed by atoms with Crippen LogP contribution >= 0.6 is 0 Å². The number of carbonyl (C=O) groups excluding carboxylic acids is 1. The lowest BCUT2D eigenvalue weighted by Crippen LogP contribution is -2.14. The highest BCUT2D eigenvalue weighted by Crippen LogP contribution is 2.26. The van der Waals surface area contributed by atoms with Crippen LogP contribution in [0.2, 0.25) is 0 Å². The Labute approximate surface area is 131 Å². The summed E-state index contributed by atoms with van der Waals surface area (Å²) in [5, 5.41) is 2.96. The molecule has 0 aliphatic carbocycles.